The Bertz CT molecular complexity index is 334. The van der Waals surface area contributed by atoms with Gasteiger partial charge in [-0.05, 0) is 25.4 Å². The van der Waals surface area contributed by atoms with E-state index in [0.717, 1.165) is 26.1 Å². The summed E-state index contributed by atoms with van der Waals surface area (Å²) in [6.07, 6.45) is 1.03. The smallest absolute Gasteiger partial charge is 0.225 e. The normalized spacial score (nSPS) is 22.8. The van der Waals surface area contributed by atoms with Gasteiger partial charge in [0, 0.05) is 13.1 Å². The molecule has 5 nitrogen and oxygen atoms in total. The van der Waals surface area contributed by atoms with E-state index < -0.39 is 15.8 Å². The summed E-state index contributed by atoms with van der Waals surface area (Å²) in [5.41, 5.74) is 0. The maximum absolute atomic E-state index is 11.2. The van der Waals surface area contributed by atoms with E-state index in [1.54, 1.807) is 6.07 Å². The summed E-state index contributed by atoms with van der Waals surface area (Å²) < 4.78 is 24.9. The van der Waals surface area contributed by atoms with Crippen LogP contribution in [0.3, 0.4) is 0 Å². The van der Waals surface area contributed by atoms with Crippen LogP contribution in [0.25, 0.3) is 0 Å². The quantitative estimate of drug-likeness (QED) is 0.709. The van der Waals surface area contributed by atoms with Crippen LogP contribution < -0.4 is 4.72 Å². The second-order valence-corrected chi connectivity index (χ2v) is 5.62. The van der Waals surface area contributed by atoms with Gasteiger partial charge in [0.25, 0.3) is 0 Å². The van der Waals surface area contributed by atoms with E-state index in [4.69, 9.17) is 5.26 Å². The Balaban J connectivity index is 2.30. The van der Waals surface area contributed by atoms with Crippen molar-refractivity contribution in [2.24, 2.45) is 5.92 Å². The van der Waals surface area contributed by atoms with Crippen molar-refractivity contribution in [3.05, 3.63) is 0 Å². The van der Waals surface area contributed by atoms with Gasteiger partial charge in [0.05, 0.1) is 6.07 Å². The van der Waals surface area contributed by atoms with Gasteiger partial charge in [-0.15, -0.1) is 0 Å². The second kappa shape index (κ2) is 5.45. The lowest BCUT2D eigenvalue weighted by Gasteiger charge is -2.13. The predicted molar refractivity (Wildman–Crippen MR) is 57.6 cm³/mol. The molecular formula is C9H17N3O2S. The fraction of sp³-hybridized carbons (Fsp3) is 0.889. The third-order valence-corrected chi connectivity index (χ3v) is 3.78. The van der Waals surface area contributed by atoms with E-state index in [1.807, 2.05) is 0 Å². The minimum absolute atomic E-state index is 0.387. The summed E-state index contributed by atoms with van der Waals surface area (Å²) in [7, 11) is -3.37. The SMILES string of the molecule is CCN1CCC(CNS(=O)(=O)CC#N)C1. The molecule has 0 amide bonds. The van der Waals surface area contributed by atoms with Gasteiger partial charge in [0.15, 0.2) is 5.75 Å². The number of nitrogens with zero attached hydrogens (tertiary/aromatic N) is 2. The molecule has 1 rings (SSSR count). The number of hydrogen-bond acceptors (Lipinski definition) is 4. The Labute approximate surface area is 91.1 Å². The summed E-state index contributed by atoms with van der Waals surface area (Å²) in [4.78, 5) is 2.29. The molecule has 0 radical (unpaired) electrons. The van der Waals surface area contributed by atoms with Gasteiger partial charge in [-0.1, -0.05) is 6.92 Å². The molecule has 1 heterocycles. The molecule has 0 aromatic heterocycles. The zero-order valence-electron chi connectivity index (χ0n) is 8.94. The lowest BCUT2D eigenvalue weighted by atomic mass is 10.1. The van der Waals surface area contributed by atoms with Crippen molar-refractivity contribution in [3.63, 3.8) is 0 Å². The molecule has 1 fully saturated rings. The average Bonchev–Trinajstić information content (AvgIpc) is 2.62. The number of hydrogen-bond donors (Lipinski definition) is 1. The highest BCUT2D eigenvalue weighted by Gasteiger charge is 2.22. The topological polar surface area (TPSA) is 73.2 Å². The first-order chi connectivity index (χ1) is 7.07. The zero-order valence-corrected chi connectivity index (χ0v) is 9.76. The van der Waals surface area contributed by atoms with Crippen molar-refractivity contribution in [3.8, 4) is 6.07 Å². The van der Waals surface area contributed by atoms with Crippen LogP contribution in [0.1, 0.15) is 13.3 Å². The summed E-state index contributed by atoms with van der Waals surface area (Å²) >= 11 is 0. The molecule has 0 aromatic carbocycles. The highest BCUT2D eigenvalue weighted by Crippen LogP contribution is 2.14. The average molecular weight is 231 g/mol. The Kier molecular flexibility index (Phi) is 4.51. The second-order valence-electron chi connectivity index (χ2n) is 3.81. The van der Waals surface area contributed by atoms with Gasteiger partial charge in [-0.3, -0.25) is 0 Å². The molecule has 86 valence electrons. The van der Waals surface area contributed by atoms with Gasteiger partial charge in [0.2, 0.25) is 10.0 Å². The molecule has 0 saturated carbocycles. The Morgan fingerprint density at radius 1 is 1.60 bits per heavy atom. The van der Waals surface area contributed by atoms with Crippen LogP contribution in [0.2, 0.25) is 0 Å². The predicted octanol–water partition coefficient (Wildman–Crippen LogP) is -0.229. The molecule has 1 aliphatic rings. The van der Waals surface area contributed by atoms with Crippen molar-refractivity contribution in [2.75, 3.05) is 31.9 Å². The van der Waals surface area contributed by atoms with Gasteiger partial charge in [-0.25, -0.2) is 13.1 Å². The highest BCUT2D eigenvalue weighted by molar-refractivity contribution is 7.89. The van der Waals surface area contributed by atoms with E-state index in [-0.39, 0.29) is 0 Å². The van der Waals surface area contributed by atoms with Crippen LogP contribution in [0.15, 0.2) is 0 Å². The first kappa shape index (κ1) is 12.4. The lowest BCUT2D eigenvalue weighted by Crippen LogP contribution is -2.32. The van der Waals surface area contributed by atoms with Gasteiger partial charge < -0.3 is 4.90 Å². The molecule has 1 atom stereocenters. The Morgan fingerprint density at radius 2 is 2.33 bits per heavy atom. The third-order valence-electron chi connectivity index (χ3n) is 2.66. The van der Waals surface area contributed by atoms with Crippen molar-refractivity contribution in [2.45, 2.75) is 13.3 Å². The highest BCUT2D eigenvalue weighted by atomic mass is 32.2. The van der Waals surface area contributed by atoms with Crippen LogP contribution in [0.5, 0.6) is 0 Å². The molecule has 0 aliphatic carbocycles. The molecule has 1 saturated heterocycles. The van der Waals surface area contributed by atoms with Crippen LogP contribution in [0.4, 0.5) is 0 Å². The molecule has 0 spiro atoms. The number of nitriles is 1. The Hall–Kier alpha value is -0.640. The number of nitrogens with one attached hydrogen (secondary N) is 1. The molecule has 1 N–H and O–H groups in total. The monoisotopic (exact) mass is 231 g/mol. The maximum atomic E-state index is 11.2. The fourth-order valence-corrected chi connectivity index (χ4v) is 2.51. The minimum atomic E-state index is -3.37. The van der Waals surface area contributed by atoms with Gasteiger partial charge in [-0.2, -0.15) is 5.26 Å². The van der Waals surface area contributed by atoms with Crippen molar-refractivity contribution >= 4 is 10.0 Å². The molecule has 0 aromatic rings. The first-order valence-corrected chi connectivity index (χ1v) is 6.79. The van der Waals surface area contributed by atoms with E-state index >= 15 is 0 Å². The molecule has 1 unspecified atom stereocenters. The van der Waals surface area contributed by atoms with E-state index in [2.05, 4.69) is 16.5 Å². The van der Waals surface area contributed by atoms with E-state index in [1.165, 1.54) is 0 Å². The standard InChI is InChI=1S/C9H17N3O2S/c1-2-12-5-3-9(8-12)7-11-15(13,14)6-4-10/h9,11H,2-3,5-8H2,1H3. The summed E-state index contributed by atoms with van der Waals surface area (Å²) in [6, 6.07) is 1.64. The molecule has 0 bridgehead atoms. The molecule has 15 heavy (non-hydrogen) atoms. The number of sulfonamides is 1. The number of rotatable bonds is 5. The van der Waals surface area contributed by atoms with Crippen LogP contribution in [0, 0.1) is 17.2 Å². The fourth-order valence-electron chi connectivity index (χ4n) is 1.75. The Morgan fingerprint density at radius 3 is 2.87 bits per heavy atom. The molecule has 1 aliphatic heterocycles. The minimum Gasteiger partial charge on any atom is -0.303 e. The largest absolute Gasteiger partial charge is 0.303 e. The van der Waals surface area contributed by atoms with Crippen LogP contribution in [-0.4, -0.2) is 45.2 Å². The van der Waals surface area contributed by atoms with E-state index in [9.17, 15) is 8.42 Å². The molecule has 6 heteroatoms. The summed E-state index contributed by atoms with van der Waals surface area (Å²) in [6.45, 7) is 5.57. The summed E-state index contributed by atoms with van der Waals surface area (Å²) in [5.74, 6) is -0.0598. The maximum Gasteiger partial charge on any atom is 0.225 e. The van der Waals surface area contributed by atoms with Crippen molar-refractivity contribution in [1.82, 2.24) is 9.62 Å². The lowest BCUT2D eigenvalue weighted by molar-refractivity contribution is 0.342. The zero-order chi connectivity index (χ0) is 11.3. The first-order valence-electron chi connectivity index (χ1n) is 5.14. The summed E-state index contributed by atoms with van der Waals surface area (Å²) in [5, 5.41) is 8.30. The molecular weight excluding hydrogens is 214 g/mol. The van der Waals surface area contributed by atoms with E-state index in [0.29, 0.717) is 12.5 Å². The van der Waals surface area contributed by atoms with Crippen molar-refractivity contribution < 1.29 is 8.42 Å². The van der Waals surface area contributed by atoms with Gasteiger partial charge in [0.1, 0.15) is 0 Å². The third kappa shape index (κ3) is 4.16. The van der Waals surface area contributed by atoms with Crippen molar-refractivity contribution in [1.29, 1.82) is 5.26 Å². The van der Waals surface area contributed by atoms with Crippen LogP contribution >= 0.6 is 0 Å². The van der Waals surface area contributed by atoms with Crippen LogP contribution in [-0.2, 0) is 10.0 Å². The number of likely N-dealkylation sites (tertiary alicyclic amines) is 1. The van der Waals surface area contributed by atoms with Gasteiger partial charge >= 0.3 is 0 Å².